The molecule has 1 aromatic rings. The fourth-order valence-corrected chi connectivity index (χ4v) is 1.61. The lowest BCUT2D eigenvalue weighted by molar-refractivity contribution is 0.414. The van der Waals surface area contributed by atoms with E-state index in [2.05, 4.69) is 0 Å². The first-order valence-electron chi connectivity index (χ1n) is 3.80. The van der Waals surface area contributed by atoms with E-state index in [1.807, 2.05) is 13.0 Å². The Kier molecular flexibility index (Phi) is 3.42. The highest BCUT2D eigenvalue weighted by molar-refractivity contribution is 6.32. The molecular weight excluding hydrogens is 209 g/mol. The Morgan fingerprint density at radius 2 is 2.08 bits per heavy atom. The van der Waals surface area contributed by atoms with Crippen molar-refractivity contribution in [3.05, 3.63) is 28.3 Å². The Morgan fingerprint density at radius 1 is 1.46 bits per heavy atom. The Bertz CT molecular complexity index is 313. The van der Waals surface area contributed by atoms with Crippen molar-refractivity contribution in [3.63, 3.8) is 0 Å². The van der Waals surface area contributed by atoms with Gasteiger partial charge in [0.05, 0.1) is 12.1 Å². The number of hydrogen-bond donors (Lipinski definition) is 1. The third-order valence-corrected chi connectivity index (χ3v) is 2.37. The SMILES string of the molecule is COc1cc(C)c(C(N)Cl)cc1Cl. The molecule has 0 aliphatic carbocycles. The molecule has 4 heteroatoms. The topological polar surface area (TPSA) is 35.2 Å². The van der Waals surface area contributed by atoms with Gasteiger partial charge in [0.1, 0.15) is 11.3 Å². The lowest BCUT2D eigenvalue weighted by atomic mass is 10.1. The highest BCUT2D eigenvalue weighted by atomic mass is 35.5. The Balaban J connectivity index is 3.20. The highest BCUT2D eigenvalue weighted by Crippen LogP contribution is 2.30. The summed E-state index contributed by atoms with van der Waals surface area (Å²) in [6.45, 7) is 1.91. The Morgan fingerprint density at radius 3 is 2.54 bits per heavy atom. The number of aryl methyl sites for hydroxylation is 1. The molecule has 0 heterocycles. The van der Waals surface area contributed by atoms with Crippen LogP contribution in [0.4, 0.5) is 0 Å². The van der Waals surface area contributed by atoms with Crippen LogP contribution in [-0.4, -0.2) is 7.11 Å². The minimum absolute atomic E-state index is 0.525. The van der Waals surface area contributed by atoms with E-state index >= 15 is 0 Å². The second kappa shape index (κ2) is 4.18. The molecule has 0 spiro atoms. The molecule has 0 bridgehead atoms. The van der Waals surface area contributed by atoms with Crippen LogP contribution in [0.2, 0.25) is 5.02 Å². The van der Waals surface area contributed by atoms with Crippen molar-refractivity contribution in [2.45, 2.75) is 12.4 Å². The van der Waals surface area contributed by atoms with E-state index in [0.717, 1.165) is 11.1 Å². The van der Waals surface area contributed by atoms with Gasteiger partial charge in [-0.25, -0.2) is 0 Å². The van der Waals surface area contributed by atoms with Gasteiger partial charge in [-0.3, -0.25) is 0 Å². The predicted octanol–water partition coefficient (Wildman–Crippen LogP) is 2.85. The quantitative estimate of drug-likeness (QED) is 0.614. The van der Waals surface area contributed by atoms with Crippen molar-refractivity contribution in [1.82, 2.24) is 0 Å². The number of benzene rings is 1. The van der Waals surface area contributed by atoms with Gasteiger partial charge in [-0.05, 0) is 30.2 Å². The summed E-state index contributed by atoms with van der Waals surface area (Å²) in [6, 6.07) is 3.55. The summed E-state index contributed by atoms with van der Waals surface area (Å²) in [5.41, 5.74) is 6.82. The molecule has 0 aliphatic rings. The van der Waals surface area contributed by atoms with E-state index in [1.54, 1.807) is 13.2 Å². The van der Waals surface area contributed by atoms with E-state index < -0.39 is 5.50 Å². The van der Waals surface area contributed by atoms with Crippen molar-refractivity contribution >= 4 is 23.2 Å². The molecule has 72 valence electrons. The molecule has 0 aliphatic heterocycles. The predicted molar refractivity (Wildman–Crippen MR) is 55.5 cm³/mol. The molecular formula is C9H11Cl2NO. The zero-order valence-electron chi connectivity index (χ0n) is 7.47. The smallest absolute Gasteiger partial charge is 0.137 e. The van der Waals surface area contributed by atoms with Crippen LogP contribution in [0.5, 0.6) is 5.75 Å². The van der Waals surface area contributed by atoms with Crippen LogP contribution in [0.1, 0.15) is 16.6 Å². The molecule has 1 atom stereocenters. The number of rotatable bonds is 2. The zero-order chi connectivity index (χ0) is 10.0. The van der Waals surface area contributed by atoms with Gasteiger partial charge in [-0.15, -0.1) is 11.6 Å². The van der Waals surface area contributed by atoms with Crippen LogP contribution >= 0.6 is 23.2 Å². The average Bonchev–Trinajstić information content (AvgIpc) is 2.07. The van der Waals surface area contributed by atoms with Crippen molar-refractivity contribution in [2.75, 3.05) is 7.11 Å². The minimum atomic E-state index is -0.525. The summed E-state index contributed by atoms with van der Waals surface area (Å²) < 4.78 is 5.04. The lowest BCUT2D eigenvalue weighted by Gasteiger charge is -2.11. The van der Waals surface area contributed by atoms with Gasteiger partial charge in [0.15, 0.2) is 0 Å². The highest BCUT2D eigenvalue weighted by Gasteiger charge is 2.09. The molecule has 1 rings (SSSR count). The first kappa shape index (κ1) is 10.6. The number of ether oxygens (including phenoxy) is 1. The van der Waals surface area contributed by atoms with Gasteiger partial charge in [0.2, 0.25) is 0 Å². The van der Waals surface area contributed by atoms with E-state index in [9.17, 15) is 0 Å². The summed E-state index contributed by atoms with van der Waals surface area (Å²) in [7, 11) is 1.57. The third-order valence-electron chi connectivity index (χ3n) is 1.84. The molecule has 2 N–H and O–H groups in total. The summed E-state index contributed by atoms with van der Waals surface area (Å²) in [6.07, 6.45) is 0. The van der Waals surface area contributed by atoms with Gasteiger partial charge < -0.3 is 10.5 Å². The maximum atomic E-state index is 5.91. The number of nitrogens with two attached hydrogens (primary N) is 1. The number of alkyl halides is 1. The minimum Gasteiger partial charge on any atom is -0.495 e. The second-order valence-electron chi connectivity index (χ2n) is 2.75. The van der Waals surface area contributed by atoms with Crippen LogP contribution in [0, 0.1) is 6.92 Å². The standard InChI is InChI=1S/C9H11Cl2NO/c1-5-3-8(13-2)7(10)4-6(5)9(11)12/h3-4,9H,12H2,1-2H3. The van der Waals surface area contributed by atoms with E-state index in [1.165, 1.54) is 0 Å². The van der Waals surface area contributed by atoms with Gasteiger partial charge >= 0.3 is 0 Å². The van der Waals surface area contributed by atoms with E-state index in [0.29, 0.717) is 10.8 Å². The number of hydrogen-bond acceptors (Lipinski definition) is 2. The molecule has 0 fully saturated rings. The summed E-state index contributed by atoms with van der Waals surface area (Å²) in [5, 5.41) is 0.527. The van der Waals surface area contributed by atoms with E-state index in [4.69, 9.17) is 33.7 Å². The molecule has 0 saturated heterocycles. The molecule has 0 amide bonds. The fourth-order valence-electron chi connectivity index (χ4n) is 1.12. The van der Waals surface area contributed by atoms with Crippen molar-refractivity contribution in [3.8, 4) is 5.75 Å². The second-order valence-corrected chi connectivity index (χ2v) is 3.62. The van der Waals surface area contributed by atoms with Gasteiger partial charge in [0.25, 0.3) is 0 Å². The van der Waals surface area contributed by atoms with Crippen molar-refractivity contribution in [2.24, 2.45) is 5.73 Å². The molecule has 0 radical (unpaired) electrons. The maximum absolute atomic E-state index is 5.91. The van der Waals surface area contributed by atoms with E-state index in [-0.39, 0.29) is 0 Å². The fraction of sp³-hybridized carbons (Fsp3) is 0.333. The van der Waals surface area contributed by atoms with Crippen LogP contribution in [0.15, 0.2) is 12.1 Å². The van der Waals surface area contributed by atoms with Crippen molar-refractivity contribution in [1.29, 1.82) is 0 Å². The molecule has 0 aromatic heterocycles. The van der Waals surface area contributed by atoms with Crippen LogP contribution in [0.25, 0.3) is 0 Å². The maximum Gasteiger partial charge on any atom is 0.137 e. The van der Waals surface area contributed by atoms with Crippen LogP contribution in [-0.2, 0) is 0 Å². The monoisotopic (exact) mass is 219 g/mol. The molecule has 2 nitrogen and oxygen atoms in total. The molecule has 0 saturated carbocycles. The van der Waals surface area contributed by atoms with Gasteiger partial charge in [-0.2, -0.15) is 0 Å². The number of methoxy groups -OCH3 is 1. The number of halogens is 2. The largest absolute Gasteiger partial charge is 0.495 e. The molecule has 1 aromatic carbocycles. The Labute approximate surface area is 87.6 Å². The van der Waals surface area contributed by atoms with Crippen LogP contribution in [0.3, 0.4) is 0 Å². The van der Waals surface area contributed by atoms with Crippen LogP contribution < -0.4 is 10.5 Å². The van der Waals surface area contributed by atoms with Gasteiger partial charge in [-0.1, -0.05) is 11.6 Å². The Hall–Kier alpha value is -0.440. The summed E-state index contributed by atoms with van der Waals surface area (Å²) in [4.78, 5) is 0. The zero-order valence-corrected chi connectivity index (χ0v) is 8.99. The molecule has 1 unspecified atom stereocenters. The van der Waals surface area contributed by atoms with Gasteiger partial charge in [0, 0.05) is 0 Å². The first-order valence-corrected chi connectivity index (χ1v) is 4.61. The third kappa shape index (κ3) is 2.27. The van der Waals surface area contributed by atoms with Crippen molar-refractivity contribution < 1.29 is 4.74 Å². The average molecular weight is 220 g/mol. The normalized spacial score (nSPS) is 12.7. The first-order chi connectivity index (χ1) is 6.06. The molecule has 13 heavy (non-hydrogen) atoms. The lowest BCUT2D eigenvalue weighted by Crippen LogP contribution is -2.04. The summed E-state index contributed by atoms with van der Waals surface area (Å²) >= 11 is 11.7. The summed E-state index contributed by atoms with van der Waals surface area (Å²) in [5.74, 6) is 0.639.